The molecule has 6 rings (SSSR count). The lowest BCUT2D eigenvalue weighted by atomic mass is 9.81. The fourth-order valence-corrected chi connectivity index (χ4v) is 7.05. The van der Waals surface area contributed by atoms with Crippen molar-refractivity contribution in [1.29, 1.82) is 0 Å². The molecule has 0 aliphatic carbocycles. The van der Waals surface area contributed by atoms with Gasteiger partial charge in [-0.3, -0.25) is 4.99 Å². The molecule has 5 aromatic rings. The van der Waals surface area contributed by atoms with E-state index in [4.69, 9.17) is 4.99 Å². The van der Waals surface area contributed by atoms with Crippen molar-refractivity contribution in [2.24, 2.45) is 10.4 Å². The number of allylic oxidation sites excluding steroid dienone is 4. The molecule has 0 amide bonds. The highest BCUT2D eigenvalue weighted by molar-refractivity contribution is 6.11. The lowest BCUT2D eigenvalue weighted by molar-refractivity contribution is 0.380. The summed E-state index contributed by atoms with van der Waals surface area (Å²) in [6, 6.07) is 37.7. The van der Waals surface area contributed by atoms with E-state index in [1.807, 2.05) is 6.20 Å². The highest BCUT2D eigenvalue weighted by atomic mass is 15.1. The summed E-state index contributed by atoms with van der Waals surface area (Å²) < 4.78 is 0. The lowest BCUT2D eigenvalue weighted by Crippen LogP contribution is -2.25. The van der Waals surface area contributed by atoms with Crippen molar-refractivity contribution in [1.82, 2.24) is 4.90 Å². The zero-order valence-electron chi connectivity index (χ0n) is 32.5. The molecule has 1 aliphatic rings. The van der Waals surface area contributed by atoms with Gasteiger partial charge in [0.1, 0.15) is 0 Å². The van der Waals surface area contributed by atoms with Gasteiger partial charge in [0.2, 0.25) is 0 Å². The van der Waals surface area contributed by atoms with Crippen molar-refractivity contribution in [2.75, 3.05) is 7.05 Å². The van der Waals surface area contributed by atoms with Crippen LogP contribution in [0, 0.1) is 12.3 Å². The molecule has 5 aromatic carbocycles. The third kappa shape index (κ3) is 7.97. The molecule has 0 bridgehead atoms. The summed E-state index contributed by atoms with van der Waals surface area (Å²) in [4.78, 5) is 7.66. The molecule has 2 nitrogen and oxygen atoms in total. The maximum Gasteiger partial charge on any atom is 0.0799 e. The number of aryl methyl sites for hydroxylation is 1. The Morgan fingerprint density at radius 2 is 1.54 bits per heavy atom. The minimum absolute atomic E-state index is 0.0130. The van der Waals surface area contributed by atoms with E-state index in [-0.39, 0.29) is 16.9 Å². The molecular formula is C50H54N2. The van der Waals surface area contributed by atoms with E-state index in [9.17, 15) is 0 Å². The van der Waals surface area contributed by atoms with Crippen LogP contribution in [-0.4, -0.2) is 17.7 Å². The van der Waals surface area contributed by atoms with E-state index in [2.05, 4.69) is 207 Å². The number of benzene rings is 5. The number of rotatable bonds is 8. The van der Waals surface area contributed by atoms with Crippen molar-refractivity contribution in [3.8, 4) is 11.1 Å². The van der Waals surface area contributed by atoms with E-state index in [1.165, 1.54) is 60.9 Å². The van der Waals surface area contributed by atoms with Crippen molar-refractivity contribution in [3.63, 3.8) is 0 Å². The second-order valence-electron chi connectivity index (χ2n) is 16.2. The standard InChI is InChI=1S/C50H54N2/c1-10-11-20-40(49(3,4)5)34-47(45-32-39(23-22-35(45)2)36-17-13-12-14-18-36)51-30-28-38-24-26-41(50(6,7)8)33-46(38)48-44-27-25-37-19-15-16-21-42(37)43(44)29-31-52(48)9/h11-34,48H,10H2,1-9H3. The summed E-state index contributed by atoms with van der Waals surface area (Å²) in [6.07, 6.45) is 16.5. The second-order valence-corrected chi connectivity index (χ2v) is 16.2. The highest BCUT2D eigenvalue weighted by Crippen LogP contribution is 2.41. The second kappa shape index (κ2) is 15.2. The van der Waals surface area contributed by atoms with Gasteiger partial charge in [-0.25, -0.2) is 0 Å². The topological polar surface area (TPSA) is 15.6 Å². The first-order chi connectivity index (χ1) is 24.8. The Kier molecular flexibility index (Phi) is 10.7. The Hall–Kier alpha value is -5.21. The fourth-order valence-electron chi connectivity index (χ4n) is 7.05. The van der Waals surface area contributed by atoms with Gasteiger partial charge < -0.3 is 4.90 Å². The highest BCUT2D eigenvalue weighted by Gasteiger charge is 2.27. The van der Waals surface area contributed by atoms with Crippen LogP contribution in [-0.2, 0) is 5.41 Å². The maximum atomic E-state index is 5.31. The molecule has 0 fully saturated rings. The molecule has 0 spiro atoms. The summed E-state index contributed by atoms with van der Waals surface area (Å²) in [6.45, 7) is 18.1. The van der Waals surface area contributed by atoms with Gasteiger partial charge in [-0.05, 0) is 109 Å². The largest absolute Gasteiger partial charge is 0.369 e. The molecule has 0 radical (unpaired) electrons. The van der Waals surface area contributed by atoms with Crippen LogP contribution in [0.2, 0.25) is 0 Å². The number of fused-ring (bicyclic) bond motifs is 3. The summed E-state index contributed by atoms with van der Waals surface area (Å²) in [5.74, 6) is 0. The maximum absolute atomic E-state index is 5.31. The number of nitrogens with zero attached hydrogens (tertiary/aromatic N) is 2. The van der Waals surface area contributed by atoms with Crippen molar-refractivity contribution >= 4 is 28.6 Å². The van der Waals surface area contributed by atoms with Crippen LogP contribution < -0.4 is 0 Å². The summed E-state index contributed by atoms with van der Waals surface area (Å²) in [5, 5.41) is 2.56. The third-order valence-electron chi connectivity index (χ3n) is 10.2. The zero-order chi connectivity index (χ0) is 37.0. The van der Waals surface area contributed by atoms with Crippen LogP contribution in [0.25, 0.3) is 34.1 Å². The molecule has 0 saturated carbocycles. The lowest BCUT2D eigenvalue weighted by Gasteiger charge is -2.35. The molecule has 1 aliphatic heterocycles. The van der Waals surface area contributed by atoms with Crippen LogP contribution in [0.15, 0.2) is 144 Å². The quantitative estimate of drug-likeness (QED) is 0.117. The van der Waals surface area contributed by atoms with Gasteiger partial charge in [0.25, 0.3) is 0 Å². The minimum atomic E-state index is -0.0479. The molecule has 1 heterocycles. The van der Waals surface area contributed by atoms with Crippen molar-refractivity contribution in [3.05, 3.63) is 178 Å². The van der Waals surface area contributed by atoms with Gasteiger partial charge in [-0.1, -0.05) is 158 Å². The predicted octanol–water partition coefficient (Wildman–Crippen LogP) is 13.5. The van der Waals surface area contributed by atoms with E-state index in [0.29, 0.717) is 0 Å². The normalized spacial score (nSPS) is 15.6. The van der Waals surface area contributed by atoms with Gasteiger partial charge in [-0.15, -0.1) is 0 Å². The Morgan fingerprint density at radius 1 is 0.788 bits per heavy atom. The van der Waals surface area contributed by atoms with Gasteiger partial charge in [0.15, 0.2) is 0 Å². The van der Waals surface area contributed by atoms with Gasteiger partial charge >= 0.3 is 0 Å². The fraction of sp³-hybridized carbons (Fsp3) is 0.260. The van der Waals surface area contributed by atoms with Crippen LogP contribution in [0.4, 0.5) is 0 Å². The van der Waals surface area contributed by atoms with E-state index in [1.54, 1.807) is 0 Å². The smallest absolute Gasteiger partial charge is 0.0799 e. The van der Waals surface area contributed by atoms with Crippen molar-refractivity contribution < 1.29 is 0 Å². The number of hydrogen-bond donors (Lipinski definition) is 0. The Balaban J connectivity index is 1.52. The predicted molar refractivity (Wildman–Crippen MR) is 227 cm³/mol. The van der Waals surface area contributed by atoms with E-state index >= 15 is 0 Å². The monoisotopic (exact) mass is 682 g/mol. The molecule has 0 N–H and O–H groups in total. The third-order valence-corrected chi connectivity index (χ3v) is 10.2. The summed E-state index contributed by atoms with van der Waals surface area (Å²) >= 11 is 0. The molecule has 1 unspecified atom stereocenters. The average molecular weight is 683 g/mol. The number of hydrogen-bond acceptors (Lipinski definition) is 2. The zero-order valence-corrected chi connectivity index (χ0v) is 32.5. The van der Waals surface area contributed by atoms with Crippen LogP contribution >= 0.6 is 0 Å². The van der Waals surface area contributed by atoms with Gasteiger partial charge in [0.05, 0.1) is 11.8 Å². The van der Waals surface area contributed by atoms with Crippen LogP contribution in [0.3, 0.4) is 0 Å². The van der Waals surface area contributed by atoms with E-state index < -0.39 is 0 Å². The first kappa shape index (κ1) is 36.6. The minimum Gasteiger partial charge on any atom is -0.369 e. The Bertz CT molecular complexity index is 2210. The molecule has 0 saturated heterocycles. The van der Waals surface area contributed by atoms with Gasteiger partial charge in [-0.2, -0.15) is 0 Å². The summed E-state index contributed by atoms with van der Waals surface area (Å²) in [7, 11) is 2.19. The molecule has 1 atom stereocenters. The molecule has 2 heteroatoms. The SMILES string of the molecule is CCC=CC(=CC(=NC=Cc1ccc(C(C)(C)C)cc1C1c2ccc3ccccc3c2C=CN1C)c1cc(-c2ccccc2)ccc1C)C(C)(C)C. The van der Waals surface area contributed by atoms with E-state index in [0.717, 1.165) is 17.7 Å². The number of aliphatic imine (C=N–C) groups is 1. The first-order valence-corrected chi connectivity index (χ1v) is 18.7. The Morgan fingerprint density at radius 3 is 2.27 bits per heavy atom. The Labute approximate surface area is 312 Å². The molecular weight excluding hydrogens is 629 g/mol. The average Bonchev–Trinajstić information content (AvgIpc) is 3.12. The van der Waals surface area contributed by atoms with Crippen LogP contribution in [0.5, 0.6) is 0 Å². The van der Waals surface area contributed by atoms with Gasteiger partial charge in [0, 0.05) is 25.0 Å². The summed E-state index contributed by atoms with van der Waals surface area (Å²) in [5.41, 5.74) is 13.3. The first-order valence-electron chi connectivity index (χ1n) is 18.7. The van der Waals surface area contributed by atoms with Crippen LogP contribution in [0.1, 0.15) is 99.9 Å². The molecule has 264 valence electrons. The molecule has 52 heavy (non-hydrogen) atoms. The molecule has 0 aromatic heterocycles. The van der Waals surface area contributed by atoms with Crippen molar-refractivity contribution in [2.45, 2.75) is 73.3 Å².